The molecule has 22 heavy (non-hydrogen) atoms. The molecule has 2 aromatic heterocycles. The van der Waals surface area contributed by atoms with Crippen LogP contribution < -0.4 is 4.90 Å². The molecule has 3 heterocycles. The lowest BCUT2D eigenvalue weighted by Gasteiger charge is -2.36. The van der Waals surface area contributed by atoms with Gasteiger partial charge in [-0.25, -0.2) is 4.98 Å². The lowest BCUT2D eigenvalue weighted by atomic mass is 9.69. The monoisotopic (exact) mass is 301 g/mol. The largest absolute Gasteiger partial charge is 0.396 e. The van der Waals surface area contributed by atoms with Crippen LogP contribution in [0.4, 0.5) is 5.82 Å². The maximum absolute atomic E-state index is 10.0. The number of hydrogen-bond donors (Lipinski definition) is 1. The SMILES string of the molecule is Cc1nc2ncnn2c(N2CC3CCCCC3(CO)C2)c1C. The first-order valence-electron chi connectivity index (χ1n) is 8.17. The van der Waals surface area contributed by atoms with Crippen molar-refractivity contribution in [2.75, 3.05) is 24.6 Å². The molecule has 6 nitrogen and oxygen atoms in total. The van der Waals surface area contributed by atoms with Crippen LogP contribution >= 0.6 is 0 Å². The van der Waals surface area contributed by atoms with E-state index in [1.165, 1.54) is 19.3 Å². The Kier molecular flexibility index (Phi) is 3.11. The van der Waals surface area contributed by atoms with Crippen LogP contribution in [0.25, 0.3) is 5.78 Å². The maximum atomic E-state index is 10.0. The molecule has 2 unspecified atom stereocenters. The first kappa shape index (κ1) is 13.9. The van der Waals surface area contributed by atoms with Gasteiger partial charge >= 0.3 is 0 Å². The minimum atomic E-state index is 0.0643. The van der Waals surface area contributed by atoms with E-state index in [1.54, 1.807) is 6.33 Å². The highest BCUT2D eigenvalue weighted by molar-refractivity contribution is 5.55. The zero-order valence-corrected chi connectivity index (χ0v) is 13.3. The summed E-state index contributed by atoms with van der Waals surface area (Å²) in [6, 6.07) is 0. The number of nitrogens with zero attached hydrogens (tertiary/aromatic N) is 5. The van der Waals surface area contributed by atoms with Crippen molar-refractivity contribution in [2.45, 2.75) is 39.5 Å². The molecule has 0 bridgehead atoms. The van der Waals surface area contributed by atoms with Gasteiger partial charge in [-0.3, -0.25) is 0 Å². The van der Waals surface area contributed by atoms with Crippen LogP contribution in [0, 0.1) is 25.2 Å². The molecule has 0 spiro atoms. The van der Waals surface area contributed by atoms with Gasteiger partial charge in [0.25, 0.3) is 5.78 Å². The van der Waals surface area contributed by atoms with Crippen molar-refractivity contribution in [3.63, 3.8) is 0 Å². The van der Waals surface area contributed by atoms with Crippen LogP contribution in [0.2, 0.25) is 0 Å². The number of aromatic nitrogens is 4. The lowest BCUT2D eigenvalue weighted by molar-refractivity contribution is 0.0626. The van der Waals surface area contributed by atoms with Crippen LogP contribution in [0.3, 0.4) is 0 Å². The molecule has 0 aromatic carbocycles. The number of hydrogen-bond acceptors (Lipinski definition) is 5. The van der Waals surface area contributed by atoms with E-state index in [2.05, 4.69) is 26.9 Å². The van der Waals surface area contributed by atoms with Crippen LogP contribution in [-0.4, -0.2) is 44.4 Å². The molecule has 6 heteroatoms. The van der Waals surface area contributed by atoms with Crippen LogP contribution in [-0.2, 0) is 0 Å². The highest BCUT2D eigenvalue weighted by Gasteiger charge is 2.48. The predicted octanol–water partition coefficient (Wildman–Crippen LogP) is 1.73. The van der Waals surface area contributed by atoms with E-state index >= 15 is 0 Å². The number of rotatable bonds is 2. The van der Waals surface area contributed by atoms with E-state index in [1.807, 2.05) is 11.4 Å². The van der Waals surface area contributed by atoms with Gasteiger partial charge in [0.15, 0.2) is 0 Å². The number of anilines is 1. The van der Waals surface area contributed by atoms with Crippen molar-refractivity contribution < 1.29 is 5.11 Å². The Morgan fingerprint density at radius 2 is 2.23 bits per heavy atom. The van der Waals surface area contributed by atoms with E-state index < -0.39 is 0 Å². The lowest BCUT2D eigenvalue weighted by Crippen LogP contribution is -2.37. The molecule has 1 saturated carbocycles. The summed E-state index contributed by atoms with van der Waals surface area (Å²) in [6.45, 7) is 6.33. The molecule has 118 valence electrons. The third kappa shape index (κ3) is 1.86. The number of aliphatic hydroxyl groups excluding tert-OH is 1. The van der Waals surface area contributed by atoms with Crippen molar-refractivity contribution in [3.05, 3.63) is 17.6 Å². The molecule has 4 rings (SSSR count). The smallest absolute Gasteiger partial charge is 0.254 e. The maximum Gasteiger partial charge on any atom is 0.254 e. The van der Waals surface area contributed by atoms with E-state index in [0.29, 0.717) is 11.7 Å². The molecular formula is C16H23N5O. The summed E-state index contributed by atoms with van der Waals surface area (Å²) in [4.78, 5) is 11.2. The van der Waals surface area contributed by atoms with Gasteiger partial charge in [0.05, 0.1) is 6.61 Å². The molecular weight excluding hydrogens is 278 g/mol. The van der Waals surface area contributed by atoms with Crippen molar-refractivity contribution >= 4 is 11.6 Å². The van der Waals surface area contributed by atoms with Gasteiger partial charge in [-0.05, 0) is 32.6 Å². The summed E-state index contributed by atoms with van der Waals surface area (Å²) < 4.78 is 1.85. The zero-order chi connectivity index (χ0) is 15.3. The third-order valence-electron chi connectivity index (χ3n) is 5.78. The Labute approximate surface area is 130 Å². The van der Waals surface area contributed by atoms with Crippen molar-refractivity contribution in [2.24, 2.45) is 11.3 Å². The highest BCUT2D eigenvalue weighted by atomic mass is 16.3. The van der Waals surface area contributed by atoms with E-state index in [4.69, 9.17) is 0 Å². The Hall–Kier alpha value is -1.69. The highest BCUT2D eigenvalue weighted by Crippen LogP contribution is 2.47. The fourth-order valence-electron chi connectivity index (χ4n) is 4.39. The zero-order valence-electron chi connectivity index (χ0n) is 13.3. The molecule has 1 saturated heterocycles. The molecule has 2 aliphatic rings. The second kappa shape index (κ2) is 4.91. The second-order valence-corrected chi connectivity index (χ2v) is 6.96. The Balaban J connectivity index is 1.80. The van der Waals surface area contributed by atoms with Gasteiger partial charge in [0, 0.05) is 29.8 Å². The third-order valence-corrected chi connectivity index (χ3v) is 5.78. The summed E-state index contributed by atoms with van der Waals surface area (Å²) in [5, 5.41) is 14.4. The topological polar surface area (TPSA) is 66.5 Å². The number of aryl methyl sites for hydroxylation is 1. The molecule has 2 atom stereocenters. The molecule has 0 radical (unpaired) electrons. The Morgan fingerprint density at radius 1 is 1.36 bits per heavy atom. The standard InChI is InChI=1S/C16H23N5O/c1-11-12(2)19-15-17-10-18-21(15)14(11)20-7-13-5-3-4-6-16(13,8-20)9-22/h10,13,22H,3-9H2,1-2H3. The average Bonchev–Trinajstić information content (AvgIpc) is 3.12. The molecule has 1 aliphatic heterocycles. The first-order valence-corrected chi connectivity index (χ1v) is 8.17. The Morgan fingerprint density at radius 3 is 3.00 bits per heavy atom. The van der Waals surface area contributed by atoms with Gasteiger partial charge in [0.1, 0.15) is 12.1 Å². The summed E-state index contributed by atoms with van der Waals surface area (Å²) >= 11 is 0. The molecule has 1 aliphatic carbocycles. The summed E-state index contributed by atoms with van der Waals surface area (Å²) in [5.41, 5.74) is 2.22. The molecule has 1 N–H and O–H groups in total. The predicted molar refractivity (Wildman–Crippen MR) is 83.9 cm³/mol. The minimum Gasteiger partial charge on any atom is -0.396 e. The van der Waals surface area contributed by atoms with E-state index in [9.17, 15) is 5.11 Å². The van der Waals surface area contributed by atoms with Gasteiger partial charge in [-0.1, -0.05) is 12.8 Å². The van der Waals surface area contributed by atoms with Crippen molar-refractivity contribution in [1.29, 1.82) is 0 Å². The molecule has 2 aromatic rings. The fourth-order valence-corrected chi connectivity index (χ4v) is 4.39. The normalized spacial score (nSPS) is 28.3. The number of fused-ring (bicyclic) bond motifs is 2. The van der Waals surface area contributed by atoms with Gasteiger partial charge < -0.3 is 10.0 Å². The summed E-state index contributed by atoms with van der Waals surface area (Å²) in [7, 11) is 0. The van der Waals surface area contributed by atoms with E-state index in [-0.39, 0.29) is 12.0 Å². The first-order chi connectivity index (χ1) is 10.6. The molecule has 2 fully saturated rings. The Bertz CT molecular complexity index is 712. The van der Waals surface area contributed by atoms with Crippen molar-refractivity contribution in [1.82, 2.24) is 19.6 Å². The second-order valence-electron chi connectivity index (χ2n) is 6.96. The van der Waals surface area contributed by atoms with Crippen LogP contribution in [0.5, 0.6) is 0 Å². The van der Waals surface area contributed by atoms with Crippen LogP contribution in [0.15, 0.2) is 6.33 Å². The van der Waals surface area contributed by atoms with E-state index in [0.717, 1.165) is 36.6 Å². The fraction of sp³-hybridized carbons (Fsp3) is 0.688. The van der Waals surface area contributed by atoms with Gasteiger partial charge in [-0.15, -0.1) is 0 Å². The van der Waals surface area contributed by atoms with Gasteiger partial charge in [-0.2, -0.15) is 14.6 Å². The van der Waals surface area contributed by atoms with Gasteiger partial charge in [0.2, 0.25) is 0 Å². The quantitative estimate of drug-likeness (QED) is 0.915. The summed E-state index contributed by atoms with van der Waals surface area (Å²) in [6.07, 6.45) is 6.44. The van der Waals surface area contributed by atoms with Crippen LogP contribution in [0.1, 0.15) is 36.9 Å². The minimum absolute atomic E-state index is 0.0643. The summed E-state index contributed by atoms with van der Waals surface area (Å²) in [5.74, 6) is 2.34. The van der Waals surface area contributed by atoms with Crippen molar-refractivity contribution in [3.8, 4) is 0 Å². The average molecular weight is 301 g/mol. The molecule has 0 amide bonds. The number of aliphatic hydroxyl groups is 1.